The molecule has 1 aromatic carbocycles. The Labute approximate surface area is 157 Å². The van der Waals surface area contributed by atoms with Crippen LogP contribution in [0.25, 0.3) is 0 Å². The Morgan fingerprint density at radius 3 is 2.38 bits per heavy atom. The van der Waals surface area contributed by atoms with Gasteiger partial charge in [0.25, 0.3) is 0 Å². The molecule has 1 aromatic rings. The van der Waals surface area contributed by atoms with E-state index in [2.05, 4.69) is 17.0 Å². The molecule has 0 amide bonds. The van der Waals surface area contributed by atoms with Crippen molar-refractivity contribution in [3.63, 3.8) is 0 Å². The van der Waals surface area contributed by atoms with Gasteiger partial charge >= 0.3 is 0 Å². The molecule has 4 rings (SSSR count). The Morgan fingerprint density at radius 2 is 1.81 bits per heavy atom. The molecule has 0 radical (unpaired) electrons. The third-order valence-corrected chi connectivity index (χ3v) is 8.64. The lowest BCUT2D eigenvalue weighted by Gasteiger charge is -2.70. The molecule has 2 saturated heterocycles. The van der Waals surface area contributed by atoms with Crippen LogP contribution in [0.1, 0.15) is 44.1 Å². The van der Waals surface area contributed by atoms with Gasteiger partial charge in [-0.05, 0) is 31.2 Å². The SMILES string of the molecule is CCS(=O)(=O)N1CC2(C1)[C@@H](c1ccccc1)[C@@H](CO)N2CC1CCCC1. The third kappa shape index (κ3) is 2.82. The van der Waals surface area contributed by atoms with Crippen molar-refractivity contribution in [2.24, 2.45) is 5.92 Å². The minimum atomic E-state index is -3.15. The fourth-order valence-corrected chi connectivity index (χ4v) is 6.68. The molecule has 1 aliphatic carbocycles. The summed E-state index contributed by atoms with van der Waals surface area (Å²) >= 11 is 0. The molecule has 3 aliphatic rings. The number of sulfonamides is 1. The number of nitrogens with zero attached hydrogens (tertiary/aromatic N) is 2. The Hall–Kier alpha value is -0.950. The average Bonchev–Trinajstić information content (AvgIpc) is 3.11. The second-order valence-electron chi connectivity index (χ2n) is 8.21. The van der Waals surface area contributed by atoms with Gasteiger partial charge in [-0.2, -0.15) is 4.31 Å². The molecule has 6 heteroatoms. The molecule has 1 N–H and O–H groups in total. The van der Waals surface area contributed by atoms with Crippen molar-refractivity contribution in [1.29, 1.82) is 0 Å². The zero-order chi connectivity index (χ0) is 18.4. The van der Waals surface area contributed by atoms with E-state index in [1.165, 1.54) is 31.2 Å². The lowest BCUT2D eigenvalue weighted by molar-refractivity contribution is -0.175. The fraction of sp³-hybridized carbons (Fsp3) is 0.700. The smallest absolute Gasteiger partial charge is 0.213 e. The number of aliphatic hydroxyl groups excluding tert-OH is 1. The van der Waals surface area contributed by atoms with Gasteiger partial charge in [0.05, 0.1) is 17.9 Å². The molecule has 3 fully saturated rings. The van der Waals surface area contributed by atoms with Crippen molar-refractivity contribution < 1.29 is 13.5 Å². The molecule has 2 aliphatic heterocycles. The topological polar surface area (TPSA) is 60.9 Å². The van der Waals surface area contributed by atoms with E-state index in [4.69, 9.17) is 0 Å². The van der Waals surface area contributed by atoms with Gasteiger partial charge in [-0.3, -0.25) is 4.90 Å². The molecular formula is C20H30N2O3S. The van der Waals surface area contributed by atoms with Crippen molar-refractivity contribution in [3.8, 4) is 0 Å². The fourth-order valence-electron chi connectivity index (χ4n) is 5.47. The van der Waals surface area contributed by atoms with Crippen LogP contribution in [0.5, 0.6) is 0 Å². The van der Waals surface area contributed by atoms with Crippen LogP contribution in [-0.4, -0.2) is 66.3 Å². The maximum absolute atomic E-state index is 12.3. The summed E-state index contributed by atoms with van der Waals surface area (Å²) in [5.41, 5.74) is 1.09. The minimum absolute atomic E-state index is 0.101. The first-order chi connectivity index (χ1) is 12.5. The van der Waals surface area contributed by atoms with Crippen molar-refractivity contribution in [2.45, 2.75) is 50.1 Å². The van der Waals surface area contributed by atoms with E-state index in [1.807, 2.05) is 18.2 Å². The number of likely N-dealkylation sites (tertiary alicyclic amines) is 1. The molecule has 144 valence electrons. The summed E-state index contributed by atoms with van der Waals surface area (Å²) in [6.07, 6.45) is 5.12. The largest absolute Gasteiger partial charge is 0.395 e. The highest BCUT2D eigenvalue weighted by molar-refractivity contribution is 7.89. The number of hydrogen-bond acceptors (Lipinski definition) is 4. The van der Waals surface area contributed by atoms with Crippen molar-refractivity contribution in [3.05, 3.63) is 35.9 Å². The standard InChI is InChI=1S/C20H30N2O3S/c1-2-26(24,25)21-14-20(15-21)19(17-10-4-3-5-11-17)18(13-23)22(20)12-16-8-6-7-9-16/h3-5,10-11,16,18-19,23H,2,6-9,12-15H2,1H3/t18-,19+/m1/s1. The highest BCUT2D eigenvalue weighted by atomic mass is 32.2. The molecule has 0 unspecified atom stereocenters. The Balaban J connectivity index is 1.61. The zero-order valence-electron chi connectivity index (χ0n) is 15.5. The number of hydrogen-bond donors (Lipinski definition) is 1. The Bertz CT molecular complexity index is 725. The predicted octanol–water partition coefficient (Wildman–Crippen LogP) is 2.04. The van der Waals surface area contributed by atoms with E-state index in [-0.39, 0.29) is 29.9 Å². The summed E-state index contributed by atoms with van der Waals surface area (Å²) in [7, 11) is -3.15. The molecule has 0 bridgehead atoms. The summed E-state index contributed by atoms with van der Waals surface area (Å²) < 4.78 is 26.3. The summed E-state index contributed by atoms with van der Waals surface area (Å²) in [5.74, 6) is 1.05. The van der Waals surface area contributed by atoms with Gasteiger partial charge in [-0.25, -0.2) is 8.42 Å². The normalized spacial score (nSPS) is 29.6. The van der Waals surface area contributed by atoms with Crippen LogP contribution in [0.2, 0.25) is 0 Å². The van der Waals surface area contributed by atoms with Gasteiger partial charge in [0.2, 0.25) is 10.0 Å². The van der Waals surface area contributed by atoms with E-state index in [9.17, 15) is 13.5 Å². The number of benzene rings is 1. The van der Waals surface area contributed by atoms with Crippen molar-refractivity contribution >= 4 is 10.0 Å². The molecule has 1 spiro atoms. The van der Waals surface area contributed by atoms with Crippen LogP contribution in [0.4, 0.5) is 0 Å². The summed E-state index contributed by atoms with van der Waals surface area (Å²) in [6.45, 7) is 3.96. The first kappa shape index (κ1) is 18.4. The van der Waals surface area contributed by atoms with Gasteiger partial charge in [0.15, 0.2) is 0 Å². The van der Waals surface area contributed by atoms with Crippen LogP contribution in [0.15, 0.2) is 30.3 Å². The van der Waals surface area contributed by atoms with Crippen molar-refractivity contribution in [2.75, 3.05) is 32.0 Å². The Kier molecular flexibility index (Phi) is 4.88. The Morgan fingerprint density at radius 1 is 1.15 bits per heavy atom. The summed E-state index contributed by atoms with van der Waals surface area (Å²) in [5, 5.41) is 10.1. The lowest BCUT2D eigenvalue weighted by atomic mass is 9.61. The van der Waals surface area contributed by atoms with Crippen LogP contribution < -0.4 is 0 Å². The van der Waals surface area contributed by atoms with Crippen LogP contribution in [0, 0.1) is 5.92 Å². The van der Waals surface area contributed by atoms with Crippen LogP contribution >= 0.6 is 0 Å². The highest BCUT2D eigenvalue weighted by Gasteiger charge is 2.67. The quantitative estimate of drug-likeness (QED) is 0.823. The van der Waals surface area contributed by atoms with Gasteiger partial charge in [-0.1, -0.05) is 43.2 Å². The van der Waals surface area contributed by atoms with Gasteiger partial charge in [-0.15, -0.1) is 0 Å². The molecule has 1 saturated carbocycles. The predicted molar refractivity (Wildman–Crippen MR) is 102 cm³/mol. The third-order valence-electron chi connectivity index (χ3n) is 6.87. The minimum Gasteiger partial charge on any atom is -0.395 e. The van der Waals surface area contributed by atoms with Crippen molar-refractivity contribution in [1.82, 2.24) is 9.21 Å². The van der Waals surface area contributed by atoms with E-state index in [1.54, 1.807) is 11.2 Å². The van der Waals surface area contributed by atoms with Crippen LogP contribution in [-0.2, 0) is 10.0 Å². The zero-order valence-corrected chi connectivity index (χ0v) is 16.4. The van der Waals surface area contributed by atoms with E-state index in [0.717, 1.165) is 6.54 Å². The summed E-state index contributed by atoms with van der Waals surface area (Å²) in [6, 6.07) is 10.4. The number of aliphatic hydroxyl groups is 1. The molecule has 2 heterocycles. The summed E-state index contributed by atoms with van der Waals surface area (Å²) in [4.78, 5) is 2.45. The molecule has 2 atom stereocenters. The van der Waals surface area contributed by atoms with E-state index in [0.29, 0.717) is 19.0 Å². The molecule has 26 heavy (non-hydrogen) atoms. The molecule has 5 nitrogen and oxygen atoms in total. The maximum Gasteiger partial charge on any atom is 0.213 e. The first-order valence-electron chi connectivity index (χ1n) is 9.92. The highest BCUT2D eigenvalue weighted by Crippen LogP contribution is 2.55. The van der Waals surface area contributed by atoms with E-state index < -0.39 is 10.0 Å². The number of rotatable bonds is 6. The lowest BCUT2D eigenvalue weighted by Crippen LogP contribution is -2.85. The maximum atomic E-state index is 12.3. The molecule has 0 aromatic heterocycles. The second-order valence-corrected chi connectivity index (χ2v) is 10.5. The second kappa shape index (κ2) is 6.89. The average molecular weight is 379 g/mol. The van der Waals surface area contributed by atoms with Gasteiger partial charge < -0.3 is 5.11 Å². The molecular weight excluding hydrogens is 348 g/mol. The monoisotopic (exact) mass is 378 g/mol. The van der Waals surface area contributed by atoms with E-state index >= 15 is 0 Å². The van der Waals surface area contributed by atoms with Gasteiger partial charge in [0.1, 0.15) is 0 Å². The first-order valence-corrected chi connectivity index (χ1v) is 11.5. The van der Waals surface area contributed by atoms with Crippen LogP contribution in [0.3, 0.4) is 0 Å². The van der Waals surface area contributed by atoms with Gasteiger partial charge in [0, 0.05) is 31.6 Å².